The summed E-state index contributed by atoms with van der Waals surface area (Å²) >= 11 is 3.51. The Bertz CT molecular complexity index is 373. The third-order valence-electron chi connectivity index (χ3n) is 3.25. The quantitative estimate of drug-likeness (QED) is 0.709. The number of alkyl halides is 1. The molecule has 0 radical (unpaired) electrons. The normalized spacial score (nSPS) is 15.9. The maximum Gasteiger partial charge on any atom is 0.127 e. The van der Waals surface area contributed by atoms with Crippen LogP contribution in [0.2, 0.25) is 0 Å². The largest absolute Gasteiger partial charge is 0.493 e. The highest BCUT2D eigenvalue weighted by atomic mass is 79.9. The van der Waals surface area contributed by atoms with Gasteiger partial charge in [-0.3, -0.25) is 0 Å². The lowest BCUT2D eigenvalue weighted by Gasteiger charge is -2.17. The maximum absolute atomic E-state index is 6.11. The number of rotatable bonds is 6. The second-order valence-electron chi connectivity index (χ2n) is 4.78. The first kappa shape index (κ1) is 13.7. The van der Waals surface area contributed by atoms with Crippen LogP contribution in [0.15, 0.2) is 18.2 Å². The van der Waals surface area contributed by atoms with Crippen LogP contribution in [0.25, 0.3) is 0 Å². The summed E-state index contributed by atoms with van der Waals surface area (Å²) in [7, 11) is 0. The van der Waals surface area contributed by atoms with Crippen LogP contribution in [-0.4, -0.2) is 12.7 Å². The Morgan fingerprint density at radius 1 is 1.28 bits per heavy atom. The average Bonchev–Trinajstić information content (AvgIpc) is 2.89. The summed E-state index contributed by atoms with van der Waals surface area (Å²) in [4.78, 5) is 0. The zero-order valence-corrected chi connectivity index (χ0v) is 12.5. The van der Waals surface area contributed by atoms with Gasteiger partial charge in [0, 0.05) is 17.0 Å². The van der Waals surface area contributed by atoms with Gasteiger partial charge in [0.1, 0.15) is 11.5 Å². The fourth-order valence-corrected chi connectivity index (χ4v) is 2.71. The van der Waals surface area contributed by atoms with Crippen LogP contribution in [0.1, 0.15) is 44.6 Å². The molecule has 0 bridgehead atoms. The number of hydrogen-bond donors (Lipinski definition) is 0. The van der Waals surface area contributed by atoms with Gasteiger partial charge >= 0.3 is 0 Å². The van der Waals surface area contributed by atoms with Gasteiger partial charge in [0.2, 0.25) is 0 Å². The Morgan fingerprint density at radius 3 is 2.72 bits per heavy atom. The molecule has 2 rings (SSSR count). The summed E-state index contributed by atoms with van der Waals surface area (Å²) in [6, 6.07) is 6.14. The minimum Gasteiger partial charge on any atom is -0.493 e. The van der Waals surface area contributed by atoms with Crippen molar-refractivity contribution in [3.8, 4) is 11.5 Å². The number of hydrogen-bond acceptors (Lipinski definition) is 2. The summed E-state index contributed by atoms with van der Waals surface area (Å²) in [6.45, 7) is 2.87. The van der Waals surface area contributed by atoms with E-state index in [4.69, 9.17) is 9.47 Å². The molecular formula is C15H21BrO2. The van der Waals surface area contributed by atoms with Crippen molar-refractivity contribution < 1.29 is 9.47 Å². The minimum atomic E-state index is 0.393. The van der Waals surface area contributed by atoms with Gasteiger partial charge in [-0.25, -0.2) is 0 Å². The zero-order chi connectivity index (χ0) is 12.8. The standard InChI is InChI=1S/C15H21BrO2/c1-2-9-17-14-8-7-12(11-16)15(10-14)18-13-5-3-4-6-13/h7-8,10,13H,2-6,9,11H2,1H3. The summed E-state index contributed by atoms with van der Waals surface area (Å²) in [5.74, 6) is 1.89. The van der Waals surface area contributed by atoms with E-state index in [-0.39, 0.29) is 0 Å². The Kier molecular flexibility index (Phi) is 5.36. The molecule has 0 aromatic heterocycles. The molecule has 0 aliphatic heterocycles. The molecule has 18 heavy (non-hydrogen) atoms. The fraction of sp³-hybridized carbons (Fsp3) is 0.600. The summed E-state index contributed by atoms with van der Waals surface area (Å²) in [6.07, 6.45) is 6.37. The van der Waals surface area contributed by atoms with Crippen molar-refractivity contribution in [1.29, 1.82) is 0 Å². The van der Waals surface area contributed by atoms with Crippen molar-refractivity contribution in [3.05, 3.63) is 23.8 Å². The number of halogens is 1. The van der Waals surface area contributed by atoms with E-state index in [0.717, 1.165) is 29.9 Å². The molecule has 2 nitrogen and oxygen atoms in total. The van der Waals surface area contributed by atoms with Crippen LogP contribution in [0.4, 0.5) is 0 Å². The molecule has 1 aliphatic carbocycles. The molecule has 1 aromatic rings. The Morgan fingerprint density at radius 2 is 2.06 bits per heavy atom. The first-order valence-corrected chi connectivity index (χ1v) is 7.94. The van der Waals surface area contributed by atoms with Gasteiger partial charge in [-0.1, -0.05) is 28.9 Å². The monoisotopic (exact) mass is 312 g/mol. The van der Waals surface area contributed by atoms with Crippen molar-refractivity contribution in [2.75, 3.05) is 6.61 Å². The van der Waals surface area contributed by atoms with Crippen LogP contribution in [-0.2, 0) is 5.33 Å². The van der Waals surface area contributed by atoms with Crippen LogP contribution < -0.4 is 9.47 Å². The molecule has 0 amide bonds. The summed E-state index contributed by atoms with van der Waals surface area (Å²) in [5, 5.41) is 0.823. The first-order chi connectivity index (χ1) is 8.83. The molecule has 1 aliphatic rings. The number of benzene rings is 1. The molecule has 0 unspecified atom stereocenters. The molecule has 100 valence electrons. The van der Waals surface area contributed by atoms with E-state index >= 15 is 0 Å². The van der Waals surface area contributed by atoms with E-state index < -0.39 is 0 Å². The Labute approximate surface area is 118 Å². The van der Waals surface area contributed by atoms with E-state index in [9.17, 15) is 0 Å². The minimum absolute atomic E-state index is 0.393. The van der Waals surface area contributed by atoms with Gasteiger partial charge in [-0.2, -0.15) is 0 Å². The molecule has 0 saturated heterocycles. The van der Waals surface area contributed by atoms with Crippen LogP contribution in [0.5, 0.6) is 11.5 Å². The van der Waals surface area contributed by atoms with Gasteiger partial charge in [0.15, 0.2) is 0 Å². The van der Waals surface area contributed by atoms with Gasteiger partial charge < -0.3 is 9.47 Å². The van der Waals surface area contributed by atoms with Gasteiger partial charge in [0.05, 0.1) is 12.7 Å². The van der Waals surface area contributed by atoms with Crippen molar-refractivity contribution in [2.24, 2.45) is 0 Å². The van der Waals surface area contributed by atoms with Crippen LogP contribution in [0.3, 0.4) is 0 Å². The van der Waals surface area contributed by atoms with Crippen molar-refractivity contribution in [2.45, 2.75) is 50.5 Å². The maximum atomic E-state index is 6.11. The molecule has 1 saturated carbocycles. The molecule has 1 fully saturated rings. The van der Waals surface area contributed by atoms with E-state index in [1.165, 1.54) is 31.2 Å². The SMILES string of the molecule is CCCOc1ccc(CBr)c(OC2CCCC2)c1. The smallest absolute Gasteiger partial charge is 0.127 e. The molecule has 0 heterocycles. The van der Waals surface area contributed by atoms with E-state index in [0.29, 0.717) is 6.10 Å². The lowest BCUT2D eigenvalue weighted by atomic mass is 10.2. The third-order valence-corrected chi connectivity index (χ3v) is 3.86. The second-order valence-corrected chi connectivity index (χ2v) is 5.34. The topological polar surface area (TPSA) is 18.5 Å². The van der Waals surface area contributed by atoms with Gasteiger partial charge in [-0.05, 0) is 38.2 Å². The number of ether oxygens (including phenoxy) is 2. The molecule has 0 N–H and O–H groups in total. The van der Waals surface area contributed by atoms with Crippen LogP contribution >= 0.6 is 15.9 Å². The molecule has 1 aromatic carbocycles. The highest BCUT2D eigenvalue weighted by Crippen LogP contribution is 2.31. The molecule has 0 spiro atoms. The predicted molar refractivity (Wildman–Crippen MR) is 77.7 cm³/mol. The molecule has 3 heteroatoms. The Hall–Kier alpha value is -0.700. The molecule has 0 atom stereocenters. The lowest BCUT2D eigenvalue weighted by Crippen LogP contribution is -2.12. The lowest BCUT2D eigenvalue weighted by molar-refractivity contribution is 0.207. The second kappa shape index (κ2) is 7.03. The average molecular weight is 313 g/mol. The summed E-state index contributed by atoms with van der Waals surface area (Å²) < 4.78 is 11.8. The zero-order valence-electron chi connectivity index (χ0n) is 11.0. The van der Waals surface area contributed by atoms with E-state index in [1.807, 2.05) is 12.1 Å². The van der Waals surface area contributed by atoms with Gasteiger partial charge in [-0.15, -0.1) is 0 Å². The highest BCUT2D eigenvalue weighted by Gasteiger charge is 2.18. The Balaban J connectivity index is 2.08. The summed E-state index contributed by atoms with van der Waals surface area (Å²) in [5.41, 5.74) is 1.20. The van der Waals surface area contributed by atoms with Crippen molar-refractivity contribution >= 4 is 15.9 Å². The third kappa shape index (κ3) is 3.64. The predicted octanol–water partition coefficient (Wildman–Crippen LogP) is 4.69. The molecular weight excluding hydrogens is 292 g/mol. The van der Waals surface area contributed by atoms with E-state index in [1.54, 1.807) is 0 Å². The van der Waals surface area contributed by atoms with Crippen LogP contribution in [0, 0.1) is 0 Å². The fourth-order valence-electron chi connectivity index (χ4n) is 2.25. The van der Waals surface area contributed by atoms with Gasteiger partial charge in [0.25, 0.3) is 0 Å². The highest BCUT2D eigenvalue weighted by molar-refractivity contribution is 9.08. The van der Waals surface area contributed by atoms with Crippen molar-refractivity contribution in [3.63, 3.8) is 0 Å². The first-order valence-electron chi connectivity index (χ1n) is 6.82. The van der Waals surface area contributed by atoms with Crippen molar-refractivity contribution in [1.82, 2.24) is 0 Å². The van der Waals surface area contributed by atoms with E-state index in [2.05, 4.69) is 28.9 Å².